The van der Waals surface area contributed by atoms with Gasteiger partial charge in [-0.3, -0.25) is 4.98 Å². The number of pyridine rings is 1. The lowest BCUT2D eigenvalue weighted by molar-refractivity contribution is 0.0822. The normalized spacial score (nSPS) is 30.3. The van der Waals surface area contributed by atoms with Crippen molar-refractivity contribution in [1.82, 2.24) is 19.9 Å². The van der Waals surface area contributed by atoms with Gasteiger partial charge in [0.05, 0.1) is 0 Å². The number of ether oxygens (including phenoxy) is 1. The van der Waals surface area contributed by atoms with Crippen molar-refractivity contribution in [3.8, 4) is 0 Å². The lowest BCUT2D eigenvalue weighted by Crippen LogP contribution is -2.47. The minimum absolute atomic E-state index is 0.0823. The van der Waals surface area contributed by atoms with Crippen molar-refractivity contribution in [3.63, 3.8) is 0 Å². The molecule has 2 aromatic rings. The second-order valence-electron chi connectivity index (χ2n) is 6.54. The van der Waals surface area contributed by atoms with Crippen LogP contribution in [-0.2, 0) is 11.3 Å². The zero-order valence-corrected chi connectivity index (χ0v) is 13.6. The van der Waals surface area contributed by atoms with Gasteiger partial charge in [-0.25, -0.2) is 4.98 Å². The summed E-state index contributed by atoms with van der Waals surface area (Å²) in [4.78, 5) is 9.00. The Labute approximate surface area is 137 Å². The van der Waals surface area contributed by atoms with E-state index in [9.17, 15) is 0 Å². The predicted octanol–water partition coefficient (Wildman–Crippen LogP) is 2.66. The summed E-state index contributed by atoms with van der Waals surface area (Å²) in [6.07, 6.45) is 9.28. The van der Waals surface area contributed by atoms with E-state index in [1.807, 2.05) is 24.7 Å². The van der Waals surface area contributed by atoms with Gasteiger partial charge >= 0.3 is 0 Å². The van der Waals surface area contributed by atoms with E-state index in [1.165, 1.54) is 18.5 Å². The van der Waals surface area contributed by atoms with E-state index in [0.717, 1.165) is 25.4 Å². The molecular weight excluding hydrogens is 288 g/mol. The first-order chi connectivity index (χ1) is 11.3. The van der Waals surface area contributed by atoms with Crippen LogP contribution in [0.4, 0.5) is 0 Å². The van der Waals surface area contributed by atoms with Crippen LogP contribution in [0.3, 0.4) is 0 Å². The molecule has 4 rings (SSSR count). The molecule has 5 nitrogen and oxygen atoms in total. The standard InChI is InChI=1S/C18H24N4O/c1-2-22-9-8-20-18(22)17-16(6-10-23-17)21-14-11-13(12-14)15-5-3-4-7-19-15/h3-5,7-9,13-14,16-17,21H,2,6,10-12H2,1H3/t13?,14?,16-,17-/m0/s1. The highest BCUT2D eigenvalue weighted by molar-refractivity contribution is 5.15. The molecule has 5 heteroatoms. The maximum absolute atomic E-state index is 5.98. The molecule has 0 aromatic carbocycles. The van der Waals surface area contributed by atoms with Gasteiger partial charge in [0.2, 0.25) is 0 Å². The van der Waals surface area contributed by atoms with E-state index in [2.05, 4.69) is 38.9 Å². The molecule has 0 unspecified atom stereocenters. The SMILES string of the molecule is CCn1ccnc1[C@H]1OCC[C@@H]1NC1CC(c2ccccn2)C1. The van der Waals surface area contributed by atoms with Crippen LogP contribution in [0.2, 0.25) is 0 Å². The molecule has 2 fully saturated rings. The Balaban J connectivity index is 1.36. The van der Waals surface area contributed by atoms with Crippen molar-refractivity contribution in [2.45, 2.75) is 56.8 Å². The molecule has 1 saturated carbocycles. The maximum atomic E-state index is 5.98. The lowest BCUT2D eigenvalue weighted by atomic mass is 9.77. The van der Waals surface area contributed by atoms with E-state index in [-0.39, 0.29) is 6.10 Å². The zero-order valence-electron chi connectivity index (χ0n) is 13.6. The van der Waals surface area contributed by atoms with E-state index < -0.39 is 0 Å². The van der Waals surface area contributed by atoms with Crippen LogP contribution in [0.5, 0.6) is 0 Å². The topological polar surface area (TPSA) is 52.0 Å². The molecule has 2 atom stereocenters. The predicted molar refractivity (Wildman–Crippen MR) is 88.1 cm³/mol. The maximum Gasteiger partial charge on any atom is 0.139 e. The minimum Gasteiger partial charge on any atom is -0.369 e. The average Bonchev–Trinajstić information content (AvgIpc) is 3.19. The van der Waals surface area contributed by atoms with Crippen LogP contribution in [0.15, 0.2) is 36.8 Å². The van der Waals surface area contributed by atoms with Gasteiger partial charge in [0, 0.05) is 55.4 Å². The van der Waals surface area contributed by atoms with Crippen LogP contribution in [0.25, 0.3) is 0 Å². The first-order valence-electron chi connectivity index (χ1n) is 8.64. The fraction of sp³-hybridized carbons (Fsp3) is 0.556. The van der Waals surface area contributed by atoms with Crippen LogP contribution in [0.1, 0.15) is 49.7 Å². The fourth-order valence-electron chi connectivity index (χ4n) is 3.78. The molecule has 2 aromatic heterocycles. The Morgan fingerprint density at radius 3 is 2.96 bits per heavy atom. The van der Waals surface area contributed by atoms with Gasteiger partial charge in [-0.2, -0.15) is 0 Å². The van der Waals surface area contributed by atoms with Crippen LogP contribution in [-0.4, -0.2) is 33.2 Å². The van der Waals surface area contributed by atoms with Crippen molar-refractivity contribution < 1.29 is 4.74 Å². The summed E-state index contributed by atoms with van der Waals surface area (Å²) < 4.78 is 8.16. The number of nitrogens with one attached hydrogen (secondary N) is 1. The molecule has 122 valence electrons. The third-order valence-electron chi connectivity index (χ3n) is 5.13. The summed E-state index contributed by atoms with van der Waals surface area (Å²) in [6.45, 7) is 3.90. The van der Waals surface area contributed by atoms with Gasteiger partial charge in [0.15, 0.2) is 0 Å². The number of rotatable bonds is 5. The molecule has 0 spiro atoms. The van der Waals surface area contributed by atoms with Crippen molar-refractivity contribution in [2.24, 2.45) is 0 Å². The van der Waals surface area contributed by atoms with Gasteiger partial charge in [-0.15, -0.1) is 0 Å². The smallest absolute Gasteiger partial charge is 0.139 e. The molecule has 23 heavy (non-hydrogen) atoms. The second-order valence-corrected chi connectivity index (χ2v) is 6.54. The van der Waals surface area contributed by atoms with Crippen LogP contribution >= 0.6 is 0 Å². The number of imidazole rings is 1. The highest BCUT2D eigenvalue weighted by atomic mass is 16.5. The Morgan fingerprint density at radius 1 is 1.26 bits per heavy atom. The number of hydrogen-bond donors (Lipinski definition) is 1. The molecule has 1 saturated heterocycles. The molecule has 3 heterocycles. The third kappa shape index (κ3) is 2.91. The van der Waals surface area contributed by atoms with Gasteiger partial charge in [-0.1, -0.05) is 6.07 Å². The first-order valence-corrected chi connectivity index (χ1v) is 8.64. The van der Waals surface area contributed by atoms with Crippen molar-refractivity contribution in [2.75, 3.05) is 6.61 Å². The third-order valence-corrected chi connectivity index (χ3v) is 5.13. The second kappa shape index (κ2) is 6.42. The molecule has 0 bridgehead atoms. The van der Waals surface area contributed by atoms with Crippen molar-refractivity contribution >= 4 is 0 Å². The Hall–Kier alpha value is -1.72. The summed E-state index contributed by atoms with van der Waals surface area (Å²) >= 11 is 0. The summed E-state index contributed by atoms with van der Waals surface area (Å²) in [5.41, 5.74) is 1.23. The highest BCUT2D eigenvalue weighted by Crippen LogP contribution is 2.38. The number of aryl methyl sites for hydroxylation is 1. The van der Waals surface area contributed by atoms with Gasteiger partial charge in [0.25, 0.3) is 0 Å². The van der Waals surface area contributed by atoms with E-state index >= 15 is 0 Å². The zero-order chi connectivity index (χ0) is 15.6. The Bertz CT molecular complexity index is 635. The van der Waals surface area contributed by atoms with Crippen molar-refractivity contribution in [3.05, 3.63) is 48.3 Å². The Morgan fingerprint density at radius 2 is 2.17 bits per heavy atom. The lowest BCUT2D eigenvalue weighted by Gasteiger charge is -2.38. The van der Waals surface area contributed by atoms with Crippen LogP contribution < -0.4 is 5.32 Å². The molecule has 2 aliphatic rings. The molecule has 1 aliphatic heterocycles. The monoisotopic (exact) mass is 312 g/mol. The fourth-order valence-corrected chi connectivity index (χ4v) is 3.78. The van der Waals surface area contributed by atoms with Crippen LogP contribution in [0, 0.1) is 0 Å². The Kier molecular flexibility index (Phi) is 4.14. The van der Waals surface area contributed by atoms with Gasteiger partial charge in [0.1, 0.15) is 11.9 Å². The minimum atomic E-state index is 0.0823. The molecule has 0 amide bonds. The first kappa shape index (κ1) is 14.8. The van der Waals surface area contributed by atoms with Crippen molar-refractivity contribution in [1.29, 1.82) is 0 Å². The summed E-state index contributed by atoms with van der Waals surface area (Å²) in [5, 5.41) is 3.80. The average molecular weight is 312 g/mol. The molecular formula is C18H24N4O. The van der Waals surface area contributed by atoms with Gasteiger partial charge < -0.3 is 14.6 Å². The quantitative estimate of drug-likeness (QED) is 0.922. The summed E-state index contributed by atoms with van der Waals surface area (Å²) in [5.74, 6) is 1.66. The number of hydrogen-bond acceptors (Lipinski definition) is 4. The number of aromatic nitrogens is 3. The molecule has 1 N–H and O–H groups in total. The van der Waals surface area contributed by atoms with Gasteiger partial charge in [-0.05, 0) is 38.3 Å². The molecule has 0 radical (unpaired) electrons. The largest absolute Gasteiger partial charge is 0.369 e. The van der Waals surface area contributed by atoms with E-state index in [1.54, 1.807) is 0 Å². The summed E-state index contributed by atoms with van der Waals surface area (Å²) in [7, 11) is 0. The van der Waals surface area contributed by atoms with E-state index in [4.69, 9.17) is 4.74 Å². The highest BCUT2D eigenvalue weighted by Gasteiger charge is 2.38. The summed E-state index contributed by atoms with van der Waals surface area (Å²) in [6, 6.07) is 7.14. The molecule has 1 aliphatic carbocycles. The number of nitrogens with zero attached hydrogens (tertiary/aromatic N) is 3. The van der Waals surface area contributed by atoms with E-state index in [0.29, 0.717) is 18.0 Å².